The van der Waals surface area contributed by atoms with Crippen LogP contribution < -0.4 is 20.3 Å². The minimum atomic E-state index is -1.60. The second-order valence-corrected chi connectivity index (χ2v) is 9.99. The summed E-state index contributed by atoms with van der Waals surface area (Å²) in [5.74, 6) is -0.520. The van der Waals surface area contributed by atoms with Crippen LogP contribution in [0.1, 0.15) is 5.56 Å². The maximum Gasteiger partial charge on any atom is 0.266 e. The fourth-order valence-electron chi connectivity index (χ4n) is 3.21. The van der Waals surface area contributed by atoms with Gasteiger partial charge >= 0.3 is 0 Å². The molecule has 35 heavy (non-hydrogen) atoms. The summed E-state index contributed by atoms with van der Waals surface area (Å²) in [6.07, 6.45) is -0.0829. The first-order valence-electron chi connectivity index (χ1n) is 10.6. The van der Waals surface area contributed by atoms with Gasteiger partial charge < -0.3 is 14.8 Å². The third-order valence-corrected chi connectivity index (χ3v) is 7.44. The van der Waals surface area contributed by atoms with E-state index >= 15 is 0 Å². The van der Waals surface area contributed by atoms with E-state index in [1.54, 1.807) is 42.1 Å². The lowest BCUT2D eigenvalue weighted by Gasteiger charge is -2.17. The average molecular weight is 515 g/mol. The predicted octanol–water partition coefficient (Wildman–Crippen LogP) is 3.20. The number of nitrogens with one attached hydrogen (secondary N) is 2. The number of benzene rings is 3. The Morgan fingerprint density at radius 3 is 2.29 bits per heavy atom. The topological polar surface area (TPSA) is 114 Å². The maximum atomic E-state index is 12.9. The molecule has 2 unspecified atom stereocenters. The first kappa shape index (κ1) is 26.3. The van der Waals surface area contributed by atoms with Crippen molar-refractivity contribution in [2.45, 2.75) is 27.1 Å². The molecule has 2 amide bonds. The van der Waals surface area contributed by atoms with Crippen molar-refractivity contribution < 1.29 is 28.5 Å². The Kier molecular flexibility index (Phi) is 9.71. The molecule has 10 heteroatoms. The van der Waals surface area contributed by atoms with Crippen LogP contribution in [0.25, 0.3) is 0 Å². The summed E-state index contributed by atoms with van der Waals surface area (Å²) in [5, 5.41) is 11.7. The van der Waals surface area contributed by atoms with Crippen LogP contribution in [0.4, 0.5) is 0 Å². The van der Waals surface area contributed by atoms with Crippen LogP contribution in [0, 0.1) is 0 Å². The van der Waals surface area contributed by atoms with Crippen molar-refractivity contribution >= 4 is 34.4 Å². The summed E-state index contributed by atoms with van der Waals surface area (Å²) in [6, 6.07) is 20.8. The molecule has 0 radical (unpaired) electrons. The summed E-state index contributed by atoms with van der Waals surface area (Å²) in [6.45, 7) is 0. The van der Waals surface area contributed by atoms with Gasteiger partial charge in [-0.2, -0.15) is 0 Å². The molecule has 0 spiro atoms. The standard InChI is InChI=1S/C25H26N2O6S2/c1-32-18-9-8-17(23(15-18)33-2)14-24(28)26-22(25(29)27-30)16-35(31)21-12-10-20(11-13-21)34-19-6-4-3-5-7-19/h3-13,15,22,30H,14,16H2,1-2H3,(H,26,28)(H,27,29). The monoisotopic (exact) mass is 514 g/mol. The first-order chi connectivity index (χ1) is 16.9. The molecule has 3 N–H and O–H groups in total. The molecule has 0 saturated carbocycles. The molecule has 184 valence electrons. The van der Waals surface area contributed by atoms with Gasteiger partial charge in [-0.05, 0) is 42.5 Å². The Morgan fingerprint density at radius 1 is 0.971 bits per heavy atom. The van der Waals surface area contributed by atoms with Crippen LogP contribution in [-0.4, -0.2) is 47.2 Å². The number of ether oxygens (including phenoxy) is 2. The lowest BCUT2D eigenvalue weighted by atomic mass is 10.1. The fraction of sp³-hybridized carbons (Fsp3) is 0.200. The largest absolute Gasteiger partial charge is 0.497 e. The van der Waals surface area contributed by atoms with E-state index in [1.807, 2.05) is 42.5 Å². The number of amides is 2. The van der Waals surface area contributed by atoms with Crippen LogP contribution >= 0.6 is 11.8 Å². The summed E-state index contributed by atoms with van der Waals surface area (Å²) >= 11 is 1.57. The molecule has 0 heterocycles. The Balaban J connectivity index is 1.64. The summed E-state index contributed by atoms with van der Waals surface area (Å²) in [7, 11) is 1.40. The van der Waals surface area contributed by atoms with Gasteiger partial charge in [-0.15, -0.1) is 0 Å². The molecule has 0 aromatic heterocycles. The molecule has 3 rings (SSSR count). The third-order valence-electron chi connectivity index (χ3n) is 4.99. The summed E-state index contributed by atoms with van der Waals surface area (Å²) < 4.78 is 23.4. The molecule has 0 bridgehead atoms. The van der Waals surface area contributed by atoms with Crippen molar-refractivity contribution in [3.05, 3.63) is 78.4 Å². The molecule has 3 aromatic rings. The Bertz CT molecular complexity index is 1170. The van der Waals surface area contributed by atoms with E-state index < -0.39 is 28.7 Å². The molecule has 0 aliphatic rings. The van der Waals surface area contributed by atoms with Crippen molar-refractivity contribution in [2.75, 3.05) is 20.0 Å². The van der Waals surface area contributed by atoms with Crippen LogP contribution in [-0.2, 0) is 26.8 Å². The van der Waals surface area contributed by atoms with E-state index in [2.05, 4.69) is 5.32 Å². The van der Waals surface area contributed by atoms with Crippen LogP contribution in [0.2, 0.25) is 0 Å². The molecule has 0 fully saturated rings. The number of carbonyl (C=O) groups is 2. The van der Waals surface area contributed by atoms with E-state index in [1.165, 1.54) is 19.7 Å². The van der Waals surface area contributed by atoms with Gasteiger partial charge in [0.05, 0.1) is 37.2 Å². The molecule has 0 saturated heterocycles. The number of hydroxylamine groups is 1. The molecule has 0 aliphatic carbocycles. The van der Waals surface area contributed by atoms with E-state index in [0.29, 0.717) is 22.0 Å². The van der Waals surface area contributed by atoms with Crippen molar-refractivity contribution in [1.82, 2.24) is 10.8 Å². The highest BCUT2D eigenvalue weighted by Crippen LogP contribution is 2.28. The Labute approximate surface area is 210 Å². The van der Waals surface area contributed by atoms with E-state index in [-0.39, 0.29) is 12.2 Å². The van der Waals surface area contributed by atoms with Gasteiger partial charge in [0, 0.05) is 26.3 Å². The van der Waals surface area contributed by atoms with Gasteiger partial charge in [0.15, 0.2) is 0 Å². The molecular weight excluding hydrogens is 488 g/mol. The number of hydrogen-bond donors (Lipinski definition) is 3. The Morgan fingerprint density at radius 2 is 1.66 bits per heavy atom. The van der Waals surface area contributed by atoms with Crippen LogP contribution in [0.5, 0.6) is 11.5 Å². The number of carbonyl (C=O) groups excluding carboxylic acids is 2. The molecule has 8 nitrogen and oxygen atoms in total. The molecule has 3 aromatic carbocycles. The van der Waals surface area contributed by atoms with Gasteiger partial charge in [-0.3, -0.25) is 19.0 Å². The van der Waals surface area contributed by atoms with E-state index in [4.69, 9.17) is 14.7 Å². The highest BCUT2D eigenvalue weighted by Gasteiger charge is 2.24. The van der Waals surface area contributed by atoms with Crippen molar-refractivity contribution in [1.29, 1.82) is 0 Å². The molecular formula is C25H26N2O6S2. The minimum Gasteiger partial charge on any atom is -0.497 e. The number of methoxy groups -OCH3 is 2. The minimum absolute atomic E-state index is 0.0829. The zero-order chi connectivity index (χ0) is 25.2. The molecule has 2 atom stereocenters. The highest BCUT2D eigenvalue weighted by molar-refractivity contribution is 7.99. The van der Waals surface area contributed by atoms with Crippen molar-refractivity contribution in [3.63, 3.8) is 0 Å². The smallest absolute Gasteiger partial charge is 0.266 e. The van der Waals surface area contributed by atoms with Gasteiger partial charge in [0.2, 0.25) is 5.91 Å². The van der Waals surface area contributed by atoms with Gasteiger partial charge in [0.25, 0.3) is 5.91 Å². The average Bonchev–Trinajstić information content (AvgIpc) is 2.89. The lowest BCUT2D eigenvalue weighted by Crippen LogP contribution is -2.49. The normalized spacial score (nSPS) is 12.3. The number of rotatable bonds is 11. The number of hydrogen-bond acceptors (Lipinski definition) is 7. The van der Waals surface area contributed by atoms with Gasteiger partial charge in [-0.1, -0.05) is 36.0 Å². The summed E-state index contributed by atoms with van der Waals surface area (Å²) in [5.41, 5.74) is 2.12. The highest BCUT2D eigenvalue weighted by atomic mass is 32.2. The zero-order valence-electron chi connectivity index (χ0n) is 19.2. The Hall–Kier alpha value is -3.34. The SMILES string of the molecule is COc1ccc(CC(=O)NC(CS(=O)c2ccc(Sc3ccccc3)cc2)C(=O)NO)c(OC)c1. The second kappa shape index (κ2) is 12.9. The van der Waals surface area contributed by atoms with Crippen LogP contribution in [0.3, 0.4) is 0 Å². The van der Waals surface area contributed by atoms with Crippen LogP contribution in [0.15, 0.2) is 87.5 Å². The van der Waals surface area contributed by atoms with Crippen molar-refractivity contribution in [2.24, 2.45) is 0 Å². The lowest BCUT2D eigenvalue weighted by molar-refractivity contribution is -0.133. The second-order valence-electron chi connectivity index (χ2n) is 7.35. The van der Waals surface area contributed by atoms with Gasteiger partial charge in [0.1, 0.15) is 17.5 Å². The molecule has 0 aliphatic heterocycles. The first-order valence-corrected chi connectivity index (χ1v) is 12.7. The quantitative estimate of drug-likeness (QED) is 0.266. The van der Waals surface area contributed by atoms with Crippen molar-refractivity contribution in [3.8, 4) is 11.5 Å². The van der Waals surface area contributed by atoms with E-state index in [0.717, 1.165) is 9.79 Å². The third kappa shape index (κ3) is 7.57. The fourth-order valence-corrected chi connectivity index (χ4v) is 5.22. The maximum absolute atomic E-state index is 12.9. The summed E-state index contributed by atoms with van der Waals surface area (Å²) in [4.78, 5) is 27.4. The van der Waals surface area contributed by atoms with Gasteiger partial charge in [-0.25, -0.2) is 5.48 Å². The zero-order valence-corrected chi connectivity index (χ0v) is 20.9. The van der Waals surface area contributed by atoms with E-state index in [9.17, 15) is 13.8 Å². The predicted molar refractivity (Wildman–Crippen MR) is 133 cm³/mol.